The van der Waals surface area contributed by atoms with E-state index in [0.29, 0.717) is 0 Å². The third kappa shape index (κ3) is 15.8. The Morgan fingerprint density at radius 2 is 0.918 bits per heavy atom. The summed E-state index contributed by atoms with van der Waals surface area (Å²) in [4.78, 5) is 25.0. The first-order valence-corrected chi connectivity index (χ1v) is 27.3. The van der Waals surface area contributed by atoms with Crippen molar-refractivity contribution in [3.63, 3.8) is 0 Å². The van der Waals surface area contributed by atoms with Crippen LogP contribution in [0.25, 0.3) is 0 Å². The van der Waals surface area contributed by atoms with Crippen molar-refractivity contribution in [2.75, 3.05) is 19.8 Å². The van der Waals surface area contributed by atoms with Gasteiger partial charge in [-0.1, -0.05) is 34.6 Å². The maximum absolute atomic E-state index is 12.6. The zero-order valence-electron chi connectivity index (χ0n) is 39.0. The summed E-state index contributed by atoms with van der Waals surface area (Å²) in [6.45, 7) is 5.48. The van der Waals surface area contributed by atoms with Crippen molar-refractivity contribution < 1.29 is 147 Å². The molecule has 0 saturated carbocycles. The molecule has 5 saturated heterocycles. The molecule has 426 valence electrons. The number of aliphatic carboxylic acids is 1. The van der Waals surface area contributed by atoms with Gasteiger partial charge in [0.15, 0.2) is 37.4 Å². The van der Waals surface area contributed by atoms with Crippen molar-refractivity contribution in [2.45, 2.75) is 164 Å². The molecule has 34 nitrogen and oxygen atoms in total. The van der Waals surface area contributed by atoms with E-state index in [2.05, 4.69) is 21.9 Å². The molecule has 0 amide bonds. The number of carbonyl (C=O) groups is 1. The number of hydrogen-bond acceptors (Lipinski definition) is 29. The number of nitrogens with zero attached hydrogens (tertiary/aromatic N) is 1. The highest BCUT2D eigenvalue weighted by Gasteiger charge is 2.57. The lowest BCUT2D eigenvalue weighted by Crippen LogP contribution is -2.65. The molecule has 0 spiro atoms. The molecular formula is C35H59NO33S4. The van der Waals surface area contributed by atoms with Gasteiger partial charge in [-0.25, -0.2) is 21.5 Å². The predicted molar refractivity (Wildman–Crippen MR) is 227 cm³/mol. The molecule has 0 aromatic heterocycles. The normalized spacial score (nSPS) is 44.3. The molecule has 10 unspecified atom stereocenters. The lowest BCUT2D eigenvalue weighted by Gasteiger charge is -2.50. The van der Waals surface area contributed by atoms with Gasteiger partial charge in [-0.3, -0.25) is 18.2 Å². The Balaban J connectivity index is 1.37. The minimum atomic E-state index is -5.60. The molecule has 10 N–H and O–H groups in total. The maximum Gasteiger partial charge on any atom is 0.397 e. The third-order valence-electron chi connectivity index (χ3n) is 13.2. The molecule has 0 bridgehead atoms. The van der Waals surface area contributed by atoms with Gasteiger partial charge in [0.2, 0.25) is 6.23 Å². The molecular weight excluding hydrogens is 1090 g/mol. The van der Waals surface area contributed by atoms with Gasteiger partial charge in [-0.05, 0) is 23.9 Å². The molecule has 5 aliphatic heterocycles. The lowest BCUT2D eigenvalue weighted by atomic mass is 9.84. The van der Waals surface area contributed by atoms with E-state index in [1.54, 1.807) is 0 Å². The second-order valence-electron chi connectivity index (χ2n) is 18.0. The zero-order valence-corrected chi connectivity index (χ0v) is 42.3. The van der Waals surface area contributed by atoms with Crippen LogP contribution in [-0.2, 0) is 106 Å². The molecule has 5 rings (SSSR count). The standard InChI is InChI=1S/C35H59NO33S4/c1-10-12(3)32(61-16(19(10)37)7-57-70(45,46)47)65-26-21(39)22(40)34(67-29(26)31(42)43)63-24-11(2)13(4)33(62-17(24)8-58-71(48,49)50)66-27-23(41)28(69-73(54,55)56)35(68-30(27)36-44)64-25-18(9-59-72(51,52)53)60-15(6)14(5)20(25)38/h10-30,32-35,37-41H,7-9H2,1-6H3,(H,42,43)(H,45,46,47)(H,48,49,50)(H,51,52,53)(H,54,55,56)/t10-,11-,12?,13?,14?,15-,16?,17?,18?,19+,20-,21-,22?,23?,24+,25-,26+,27+,28?,29?,30-,32-,33-,34-,35-/m1/s1. The quantitative estimate of drug-likeness (QED) is 0.0384. The van der Waals surface area contributed by atoms with Gasteiger partial charge in [0.1, 0.15) is 54.9 Å². The van der Waals surface area contributed by atoms with Gasteiger partial charge in [-0.2, -0.15) is 33.7 Å². The summed E-state index contributed by atoms with van der Waals surface area (Å²) >= 11 is 0. The summed E-state index contributed by atoms with van der Waals surface area (Å²) in [5, 5.41) is 69.0. The van der Waals surface area contributed by atoms with Crippen LogP contribution in [0.3, 0.4) is 0 Å². The number of aliphatic hydroxyl groups excluding tert-OH is 5. The summed E-state index contributed by atoms with van der Waals surface area (Å²) < 4.78 is 200. The van der Waals surface area contributed by atoms with Crippen molar-refractivity contribution in [1.29, 1.82) is 0 Å². The highest BCUT2D eigenvalue weighted by atomic mass is 32.3. The van der Waals surface area contributed by atoms with Crippen LogP contribution in [0.2, 0.25) is 0 Å². The van der Waals surface area contributed by atoms with Gasteiger partial charge in [0, 0.05) is 17.8 Å². The average molecular weight is 1150 g/mol. The number of ether oxygens (including phenoxy) is 9. The molecule has 25 atom stereocenters. The average Bonchev–Trinajstić information content (AvgIpc) is 3.27. The number of rotatable bonds is 21. The Morgan fingerprint density at radius 1 is 0.452 bits per heavy atom. The molecule has 5 heterocycles. The second kappa shape index (κ2) is 24.3. The van der Waals surface area contributed by atoms with Crippen LogP contribution in [0.5, 0.6) is 0 Å². The summed E-state index contributed by atoms with van der Waals surface area (Å²) in [5.41, 5.74) is 0. The van der Waals surface area contributed by atoms with E-state index >= 15 is 0 Å². The zero-order chi connectivity index (χ0) is 55.0. The largest absolute Gasteiger partial charge is 0.479 e. The van der Waals surface area contributed by atoms with Gasteiger partial charge in [0.05, 0.1) is 44.2 Å². The Morgan fingerprint density at radius 3 is 1.42 bits per heavy atom. The topological polar surface area (TPSA) is 505 Å². The van der Waals surface area contributed by atoms with Gasteiger partial charge in [0.25, 0.3) is 0 Å². The molecule has 5 fully saturated rings. The van der Waals surface area contributed by atoms with Crippen LogP contribution >= 0.6 is 0 Å². The number of carboxylic acid groups (broad SMARTS) is 1. The molecule has 5 aliphatic rings. The van der Waals surface area contributed by atoms with Crippen molar-refractivity contribution in [1.82, 2.24) is 0 Å². The molecule has 73 heavy (non-hydrogen) atoms. The van der Waals surface area contributed by atoms with Crippen molar-refractivity contribution in [3.05, 3.63) is 4.91 Å². The number of nitroso groups, excluding NO2 is 1. The number of hydrogen-bond donors (Lipinski definition) is 10. The Labute approximate surface area is 417 Å². The predicted octanol–water partition coefficient (Wildman–Crippen LogP) is -4.35. The second-order valence-corrected chi connectivity index (χ2v) is 22.3. The molecule has 0 radical (unpaired) electrons. The Bertz CT molecular complexity index is 2330. The summed E-state index contributed by atoms with van der Waals surface area (Å²) in [5.74, 6) is -6.48. The SMILES string of the molecule is CC1[C@@H](O[C@@H]2C(C(=O)O)O[C@@H](O[C@@H]3C(COS(=O)(=O)O)O[C@H](O[C@H]4C(O)C(OS(=O)(=O)O)[C@H](O[C@@H]5C(COS(=O)(=O)O)O[C@H](C)C(C)[C@H]5O)O[C@H]4N=O)C(C)[C@H]3C)C(O)[C@H]2O)OC(COS(=O)(=O)O)[C@@H](O)[C@@H]1C. The molecule has 0 aliphatic carbocycles. The molecule has 0 aromatic rings. The van der Waals surface area contributed by atoms with Gasteiger partial charge in [-0.15, -0.1) is 4.91 Å². The summed E-state index contributed by atoms with van der Waals surface area (Å²) in [6.07, 6.45) is -38.1. The highest BCUT2D eigenvalue weighted by Crippen LogP contribution is 2.41. The van der Waals surface area contributed by atoms with Crippen molar-refractivity contribution >= 4 is 47.6 Å². The van der Waals surface area contributed by atoms with Gasteiger partial charge >= 0.3 is 47.6 Å². The van der Waals surface area contributed by atoms with E-state index in [-0.39, 0.29) is 0 Å². The number of carboxylic acids is 1. The van der Waals surface area contributed by atoms with E-state index in [4.69, 9.17) is 51.7 Å². The fourth-order valence-electron chi connectivity index (χ4n) is 8.68. The monoisotopic (exact) mass is 1150 g/mol. The van der Waals surface area contributed by atoms with E-state index in [0.717, 1.165) is 0 Å². The molecule has 0 aromatic carbocycles. The van der Waals surface area contributed by atoms with Crippen molar-refractivity contribution in [2.24, 2.45) is 34.8 Å². The van der Waals surface area contributed by atoms with Crippen LogP contribution in [0.1, 0.15) is 41.5 Å². The van der Waals surface area contributed by atoms with Crippen LogP contribution < -0.4 is 0 Å². The van der Waals surface area contributed by atoms with E-state index in [9.17, 15) is 83.1 Å². The minimum absolute atomic E-state index is 0.778. The van der Waals surface area contributed by atoms with Gasteiger partial charge < -0.3 is 73.3 Å². The first-order valence-electron chi connectivity index (χ1n) is 21.9. The van der Waals surface area contributed by atoms with E-state index in [1.807, 2.05) is 0 Å². The van der Waals surface area contributed by atoms with E-state index in [1.165, 1.54) is 41.5 Å². The minimum Gasteiger partial charge on any atom is -0.479 e. The number of aliphatic hydroxyl groups is 5. The van der Waals surface area contributed by atoms with Crippen LogP contribution in [0.15, 0.2) is 5.18 Å². The van der Waals surface area contributed by atoms with Crippen LogP contribution in [0.4, 0.5) is 0 Å². The lowest BCUT2D eigenvalue weighted by molar-refractivity contribution is -0.375. The van der Waals surface area contributed by atoms with Crippen LogP contribution in [0, 0.1) is 34.5 Å². The maximum atomic E-state index is 12.6. The highest BCUT2D eigenvalue weighted by molar-refractivity contribution is 7.81. The Hall–Kier alpha value is -2.01. The Kier molecular flexibility index (Phi) is 20.6. The fraction of sp³-hybridized carbons (Fsp3) is 0.971. The fourth-order valence-corrected chi connectivity index (χ4v) is 10.1. The van der Waals surface area contributed by atoms with E-state index < -0.39 is 220 Å². The smallest absolute Gasteiger partial charge is 0.397 e. The first-order chi connectivity index (χ1) is 33.5. The van der Waals surface area contributed by atoms with Crippen molar-refractivity contribution in [3.8, 4) is 0 Å². The van der Waals surface area contributed by atoms with Crippen LogP contribution in [-0.4, -0.2) is 231 Å². The third-order valence-corrected chi connectivity index (χ3v) is 15.0. The summed E-state index contributed by atoms with van der Waals surface area (Å²) in [7, 11) is -21.0. The molecule has 38 heteroatoms. The summed E-state index contributed by atoms with van der Waals surface area (Å²) in [6, 6.07) is 0. The first kappa shape index (κ1) is 61.8.